The van der Waals surface area contributed by atoms with E-state index in [0.29, 0.717) is 30.6 Å². The number of rotatable bonds is 4. The highest BCUT2D eigenvalue weighted by Crippen LogP contribution is 2.39. The van der Waals surface area contributed by atoms with Crippen LogP contribution in [0.5, 0.6) is 0 Å². The molecule has 0 atom stereocenters. The summed E-state index contributed by atoms with van der Waals surface area (Å²) in [6.45, 7) is 7.77. The molecule has 0 spiro atoms. The molecule has 0 N–H and O–H groups in total. The van der Waals surface area contributed by atoms with Gasteiger partial charge in [-0.25, -0.2) is 18.7 Å². The topological polar surface area (TPSA) is 38.2 Å². The summed E-state index contributed by atoms with van der Waals surface area (Å²) in [5, 5.41) is 1.60. The smallest absolute Gasteiger partial charge is 0.145 e. The van der Waals surface area contributed by atoms with Crippen LogP contribution in [0.15, 0.2) is 28.1 Å². The average molecular weight is 408 g/mol. The molecule has 4 nitrogen and oxygen atoms in total. The van der Waals surface area contributed by atoms with Crippen molar-refractivity contribution >= 4 is 33.3 Å². The van der Waals surface area contributed by atoms with E-state index in [2.05, 4.69) is 4.90 Å². The normalized spacial score (nSPS) is 15.6. The zero-order chi connectivity index (χ0) is 19.0. The molecule has 1 fully saturated rings. The van der Waals surface area contributed by atoms with Gasteiger partial charge in [-0.3, -0.25) is 4.90 Å². The predicted molar refractivity (Wildman–Crippen MR) is 103 cm³/mol. The van der Waals surface area contributed by atoms with E-state index < -0.39 is 11.6 Å². The minimum Gasteiger partial charge on any atom is -0.379 e. The fourth-order valence-electron chi connectivity index (χ4n) is 3.02. The second kappa shape index (κ2) is 7.79. The molecule has 0 unspecified atom stereocenters. The molecule has 4 rings (SSSR count). The number of fused-ring (bicyclic) bond motifs is 1. The maximum atomic E-state index is 14.2. The molecule has 3 heterocycles. The predicted octanol–water partition coefficient (Wildman–Crippen LogP) is 4.57. The summed E-state index contributed by atoms with van der Waals surface area (Å²) in [7, 11) is 0. The molecule has 1 aliphatic heterocycles. The van der Waals surface area contributed by atoms with Gasteiger partial charge >= 0.3 is 0 Å². The van der Waals surface area contributed by atoms with E-state index >= 15 is 0 Å². The Morgan fingerprint density at radius 3 is 2.74 bits per heavy atom. The maximum absolute atomic E-state index is 14.2. The lowest BCUT2D eigenvalue weighted by atomic mass is 10.2. The Kier molecular flexibility index (Phi) is 5.41. The third-order valence-electron chi connectivity index (χ3n) is 4.61. The Morgan fingerprint density at radius 1 is 1.19 bits per heavy atom. The molecular weight excluding hydrogens is 388 g/mol. The van der Waals surface area contributed by atoms with Gasteiger partial charge in [0.1, 0.15) is 27.3 Å². The summed E-state index contributed by atoms with van der Waals surface area (Å²) in [4.78, 5) is 14.0. The van der Waals surface area contributed by atoms with E-state index in [1.165, 1.54) is 6.07 Å². The quantitative estimate of drug-likeness (QED) is 0.593. The second-order valence-electron chi connectivity index (χ2n) is 6.47. The van der Waals surface area contributed by atoms with Crippen molar-refractivity contribution in [3.8, 4) is 0 Å². The number of morpholine rings is 1. The number of thiophene rings is 1. The first kappa shape index (κ1) is 18.7. The zero-order valence-electron chi connectivity index (χ0n) is 15.1. The molecule has 1 saturated heterocycles. The van der Waals surface area contributed by atoms with E-state index in [1.807, 2.05) is 13.8 Å². The van der Waals surface area contributed by atoms with Crippen molar-refractivity contribution < 1.29 is 13.5 Å². The molecule has 0 radical (unpaired) electrons. The summed E-state index contributed by atoms with van der Waals surface area (Å²) in [6, 6.07) is 3.49. The number of nitrogens with zero attached hydrogens (tertiary/aromatic N) is 3. The lowest BCUT2D eigenvalue weighted by Gasteiger charge is -2.25. The van der Waals surface area contributed by atoms with Gasteiger partial charge in [0.2, 0.25) is 0 Å². The standard InChI is InChI=1S/C19H19F2N3OS2/c1-11-12(2)26-18-17(11)19(27-15-9-13(20)3-4-14(15)21)23-16(22-18)10-24-5-7-25-8-6-24/h3-4,9H,5-8,10H2,1-2H3. The van der Waals surface area contributed by atoms with E-state index in [-0.39, 0.29) is 4.90 Å². The van der Waals surface area contributed by atoms with Crippen LogP contribution in [0.1, 0.15) is 16.3 Å². The van der Waals surface area contributed by atoms with E-state index in [9.17, 15) is 8.78 Å². The zero-order valence-corrected chi connectivity index (χ0v) is 16.7. The van der Waals surface area contributed by atoms with Crippen molar-refractivity contribution in [3.05, 3.63) is 46.1 Å². The van der Waals surface area contributed by atoms with Crippen LogP contribution in [0.3, 0.4) is 0 Å². The molecule has 0 saturated carbocycles. The molecule has 142 valence electrons. The maximum Gasteiger partial charge on any atom is 0.145 e. The average Bonchev–Trinajstić information content (AvgIpc) is 2.93. The number of aryl methyl sites for hydroxylation is 2. The highest BCUT2D eigenvalue weighted by Gasteiger charge is 2.19. The van der Waals surface area contributed by atoms with Crippen molar-refractivity contribution in [2.75, 3.05) is 26.3 Å². The van der Waals surface area contributed by atoms with Crippen LogP contribution in [0.25, 0.3) is 10.2 Å². The lowest BCUT2D eigenvalue weighted by molar-refractivity contribution is 0.0330. The van der Waals surface area contributed by atoms with Crippen LogP contribution in [0.2, 0.25) is 0 Å². The highest BCUT2D eigenvalue weighted by molar-refractivity contribution is 7.99. The van der Waals surface area contributed by atoms with Gasteiger partial charge in [-0.15, -0.1) is 11.3 Å². The molecular formula is C19H19F2N3OS2. The number of hydrogen-bond donors (Lipinski definition) is 0. The van der Waals surface area contributed by atoms with Crippen molar-refractivity contribution in [1.29, 1.82) is 0 Å². The molecule has 27 heavy (non-hydrogen) atoms. The van der Waals surface area contributed by atoms with Crippen molar-refractivity contribution in [3.63, 3.8) is 0 Å². The third kappa shape index (κ3) is 3.99. The van der Waals surface area contributed by atoms with Crippen LogP contribution in [-0.4, -0.2) is 41.2 Å². The van der Waals surface area contributed by atoms with Crippen LogP contribution in [0, 0.1) is 25.5 Å². The van der Waals surface area contributed by atoms with E-state index in [4.69, 9.17) is 14.7 Å². The van der Waals surface area contributed by atoms with Crippen LogP contribution >= 0.6 is 23.1 Å². The van der Waals surface area contributed by atoms with Crippen LogP contribution < -0.4 is 0 Å². The molecule has 0 bridgehead atoms. The van der Waals surface area contributed by atoms with Gasteiger partial charge in [0.05, 0.1) is 24.7 Å². The summed E-state index contributed by atoms with van der Waals surface area (Å²) in [6.07, 6.45) is 0. The number of hydrogen-bond acceptors (Lipinski definition) is 6. The van der Waals surface area contributed by atoms with Gasteiger partial charge in [-0.1, -0.05) is 11.8 Å². The summed E-state index contributed by atoms with van der Waals surface area (Å²) >= 11 is 2.77. The molecule has 8 heteroatoms. The number of aromatic nitrogens is 2. The first-order valence-corrected chi connectivity index (χ1v) is 10.3. The van der Waals surface area contributed by atoms with Crippen molar-refractivity contribution in [2.45, 2.75) is 30.3 Å². The summed E-state index contributed by atoms with van der Waals surface area (Å²) in [5.41, 5.74) is 1.09. The fraction of sp³-hybridized carbons (Fsp3) is 0.368. The first-order chi connectivity index (χ1) is 13.0. The molecule has 3 aromatic rings. The first-order valence-electron chi connectivity index (χ1n) is 8.71. The largest absolute Gasteiger partial charge is 0.379 e. The SMILES string of the molecule is Cc1sc2nc(CN3CCOCC3)nc(Sc3cc(F)ccc3F)c2c1C. The van der Waals surface area contributed by atoms with Crippen molar-refractivity contribution in [1.82, 2.24) is 14.9 Å². The van der Waals surface area contributed by atoms with Gasteiger partial charge < -0.3 is 4.74 Å². The molecule has 1 aliphatic rings. The van der Waals surface area contributed by atoms with Gasteiger partial charge in [0.15, 0.2) is 0 Å². The minimum atomic E-state index is -0.462. The van der Waals surface area contributed by atoms with E-state index in [0.717, 1.165) is 57.6 Å². The number of benzene rings is 1. The molecule has 2 aromatic heterocycles. The van der Waals surface area contributed by atoms with Gasteiger partial charge in [0, 0.05) is 23.4 Å². The number of halogens is 2. The monoisotopic (exact) mass is 407 g/mol. The molecule has 0 amide bonds. The number of ether oxygens (including phenoxy) is 1. The lowest BCUT2D eigenvalue weighted by Crippen LogP contribution is -2.36. The van der Waals surface area contributed by atoms with Crippen LogP contribution in [0.4, 0.5) is 8.78 Å². The van der Waals surface area contributed by atoms with Gasteiger partial charge in [0.25, 0.3) is 0 Å². The highest BCUT2D eigenvalue weighted by atomic mass is 32.2. The third-order valence-corrected chi connectivity index (χ3v) is 6.73. The summed E-state index contributed by atoms with van der Waals surface area (Å²) in [5.74, 6) is -0.214. The fourth-order valence-corrected chi connectivity index (χ4v) is 5.18. The Labute approximate surface area is 164 Å². The van der Waals surface area contributed by atoms with Crippen molar-refractivity contribution in [2.24, 2.45) is 0 Å². The molecule has 1 aromatic carbocycles. The second-order valence-corrected chi connectivity index (χ2v) is 8.71. The Morgan fingerprint density at radius 2 is 1.96 bits per heavy atom. The minimum absolute atomic E-state index is 0.232. The van der Waals surface area contributed by atoms with Gasteiger partial charge in [-0.2, -0.15) is 0 Å². The van der Waals surface area contributed by atoms with Crippen LogP contribution in [-0.2, 0) is 11.3 Å². The molecule has 0 aliphatic carbocycles. The Hall–Kier alpha value is -1.61. The Balaban J connectivity index is 1.75. The summed E-state index contributed by atoms with van der Waals surface area (Å²) < 4.78 is 33.2. The van der Waals surface area contributed by atoms with E-state index in [1.54, 1.807) is 11.3 Å². The Bertz CT molecular complexity index is 987. The van der Waals surface area contributed by atoms with Gasteiger partial charge in [-0.05, 0) is 37.6 Å².